The monoisotopic (exact) mass is 273 g/mol. The number of benzene rings is 1. The maximum atomic E-state index is 11.8. The van der Waals surface area contributed by atoms with E-state index in [1.807, 2.05) is 31.2 Å². The molecule has 1 aromatic heterocycles. The molecule has 5 nitrogen and oxygen atoms in total. The topological polar surface area (TPSA) is 67.0 Å². The fourth-order valence-electron chi connectivity index (χ4n) is 1.92. The van der Waals surface area contributed by atoms with Crippen molar-refractivity contribution in [2.75, 3.05) is 6.61 Å². The minimum absolute atomic E-state index is 0.00713. The molecule has 0 aliphatic heterocycles. The fraction of sp³-hybridized carbons (Fsp3) is 0.333. The number of carbonyl (C=O) groups excluding carboxylic acids is 1. The molecule has 0 saturated carbocycles. The van der Waals surface area contributed by atoms with E-state index in [2.05, 4.69) is 15.3 Å². The van der Waals surface area contributed by atoms with Crippen LogP contribution in [-0.2, 0) is 17.8 Å². The number of nitrogens with one attached hydrogen (secondary N) is 2. The van der Waals surface area contributed by atoms with Crippen molar-refractivity contribution in [2.24, 2.45) is 0 Å². The van der Waals surface area contributed by atoms with E-state index in [0.717, 1.165) is 17.1 Å². The minimum Gasteiger partial charge on any atom is -0.494 e. The molecule has 1 amide bonds. The molecule has 0 aliphatic rings. The van der Waals surface area contributed by atoms with Crippen molar-refractivity contribution in [3.8, 4) is 5.75 Å². The zero-order valence-electron chi connectivity index (χ0n) is 11.6. The summed E-state index contributed by atoms with van der Waals surface area (Å²) in [6.45, 7) is 3.01. The smallest absolute Gasteiger partial charge is 0.220 e. The van der Waals surface area contributed by atoms with Crippen LogP contribution in [0.15, 0.2) is 36.7 Å². The summed E-state index contributed by atoms with van der Waals surface area (Å²) in [7, 11) is 0. The molecule has 0 aliphatic carbocycles. The predicted octanol–water partition coefficient (Wildman–Crippen LogP) is 2.06. The molecule has 0 fully saturated rings. The third kappa shape index (κ3) is 4.12. The maximum absolute atomic E-state index is 11.8. The molecule has 0 atom stereocenters. The first-order valence-corrected chi connectivity index (χ1v) is 6.75. The van der Waals surface area contributed by atoms with Crippen molar-refractivity contribution >= 4 is 5.91 Å². The zero-order chi connectivity index (χ0) is 14.2. The lowest BCUT2D eigenvalue weighted by Gasteiger charge is -2.09. The normalized spacial score (nSPS) is 10.2. The molecular weight excluding hydrogens is 254 g/mol. The second kappa shape index (κ2) is 7.33. The molecule has 1 aromatic carbocycles. The molecule has 106 valence electrons. The number of aromatic amines is 1. The minimum atomic E-state index is 0.00713. The lowest BCUT2D eigenvalue weighted by Crippen LogP contribution is -2.23. The summed E-state index contributed by atoms with van der Waals surface area (Å²) in [5, 5.41) is 2.83. The number of aromatic nitrogens is 2. The number of ether oxygens (including phenoxy) is 1. The Labute approximate surface area is 118 Å². The average Bonchev–Trinajstić information content (AvgIpc) is 2.98. The van der Waals surface area contributed by atoms with E-state index in [-0.39, 0.29) is 5.91 Å². The molecule has 0 spiro atoms. The van der Waals surface area contributed by atoms with Gasteiger partial charge in [-0.25, -0.2) is 4.98 Å². The highest BCUT2D eigenvalue weighted by molar-refractivity contribution is 5.76. The van der Waals surface area contributed by atoms with Crippen molar-refractivity contribution in [3.05, 3.63) is 48.0 Å². The van der Waals surface area contributed by atoms with Gasteiger partial charge in [0.15, 0.2) is 0 Å². The Kier molecular flexibility index (Phi) is 5.17. The van der Waals surface area contributed by atoms with Gasteiger partial charge in [0.05, 0.1) is 13.2 Å². The average molecular weight is 273 g/mol. The molecule has 20 heavy (non-hydrogen) atoms. The predicted molar refractivity (Wildman–Crippen MR) is 76.4 cm³/mol. The second-order valence-electron chi connectivity index (χ2n) is 4.35. The Morgan fingerprint density at radius 1 is 1.40 bits per heavy atom. The quantitative estimate of drug-likeness (QED) is 0.811. The number of carbonyl (C=O) groups is 1. The molecule has 5 heteroatoms. The van der Waals surface area contributed by atoms with Gasteiger partial charge in [-0.3, -0.25) is 4.79 Å². The van der Waals surface area contributed by atoms with Gasteiger partial charge in [-0.05, 0) is 25.0 Å². The van der Waals surface area contributed by atoms with Crippen LogP contribution in [0.2, 0.25) is 0 Å². The van der Waals surface area contributed by atoms with Crippen LogP contribution in [0, 0.1) is 0 Å². The number of imidazole rings is 1. The molecular formula is C15H19N3O2. The molecule has 2 rings (SSSR count). The van der Waals surface area contributed by atoms with Gasteiger partial charge in [-0.1, -0.05) is 18.2 Å². The van der Waals surface area contributed by atoms with E-state index in [9.17, 15) is 4.79 Å². The summed E-state index contributed by atoms with van der Waals surface area (Å²) in [5.74, 6) is 1.62. The number of aryl methyl sites for hydroxylation is 1. The standard InChI is InChI=1S/C15H19N3O2/c1-2-20-13-6-4-3-5-12(13)7-8-15(19)18-11-14-16-9-10-17-14/h3-6,9-10H,2,7-8,11H2,1H3,(H,16,17)(H,18,19). The Morgan fingerprint density at radius 3 is 3.00 bits per heavy atom. The van der Waals surface area contributed by atoms with Crippen molar-refractivity contribution in [3.63, 3.8) is 0 Å². The summed E-state index contributed by atoms with van der Waals surface area (Å²) in [6.07, 6.45) is 4.50. The van der Waals surface area contributed by atoms with Crippen LogP contribution in [0.4, 0.5) is 0 Å². The Morgan fingerprint density at radius 2 is 2.25 bits per heavy atom. The number of nitrogens with zero attached hydrogens (tertiary/aromatic N) is 1. The van der Waals surface area contributed by atoms with E-state index < -0.39 is 0 Å². The molecule has 2 aromatic rings. The summed E-state index contributed by atoms with van der Waals surface area (Å²) < 4.78 is 5.54. The van der Waals surface area contributed by atoms with Crippen molar-refractivity contribution < 1.29 is 9.53 Å². The van der Waals surface area contributed by atoms with Gasteiger partial charge in [-0.15, -0.1) is 0 Å². The molecule has 0 unspecified atom stereocenters. The lowest BCUT2D eigenvalue weighted by atomic mass is 10.1. The van der Waals surface area contributed by atoms with Crippen LogP contribution in [-0.4, -0.2) is 22.5 Å². The van der Waals surface area contributed by atoms with Gasteiger partial charge < -0.3 is 15.0 Å². The number of hydrogen-bond acceptors (Lipinski definition) is 3. The summed E-state index contributed by atoms with van der Waals surface area (Å²) in [6, 6.07) is 7.81. The van der Waals surface area contributed by atoms with Crippen LogP contribution < -0.4 is 10.1 Å². The van der Waals surface area contributed by atoms with Crippen LogP contribution in [0.1, 0.15) is 24.7 Å². The number of amides is 1. The van der Waals surface area contributed by atoms with Crippen LogP contribution in [0.3, 0.4) is 0 Å². The fourth-order valence-corrected chi connectivity index (χ4v) is 1.92. The van der Waals surface area contributed by atoms with Gasteiger partial charge in [0.1, 0.15) is 11.6 Å². The van der Waals surface area contributed by atoms with Gasteiger partial charge in [0.2, 0.25) is 5.91 Å². The highest BCUT2D eigenvalue weighted by atomic mass is 16.5. The van der Waals surface area contributed by atoms with E-state index in [1.165, 1.54) is 0 Å². The maximum Gasteiger partial charge on any atom is 0.220 e. The Hall–Kier alpha value is -2.30. The number of rotatable bonds is 7. The first kappa shape index (κ1) is 14.1. The van der Waals surface area contributed by atoms with Crippen LogP contribution in [0.25, 0.3) is 0 Å². The molecule has 1 heterocycles. The number of H-pyrrole nitrogens is 1. The Balaban J connectivity index is 1.81. The van der Waals surface area contributed by atoms with Gasteiger partial charge in [0, 0.05) is 18.8 Å². The van der Waals surface area contributed by atoms with E-state index in [1.54, 1.807) is 12.4 Å². The molecule has 0 saturated heterocycles. The first-order valence-electron chi connectivity index (χ1n) is 6.75. The van der Waals surface area contributed by atoms with Crippen LogP contribution in [0.5, 0.6) is 5.75 Å². The molecule has 0 radical (unpaired) electrons. The third-order valence-corrected chi connectivity index (χ3v) is 2.90. The third-order valence-electron chi connectivity index (χ3n) is 2.90. The highest BCUT2D eigenvalue weighted by Crippen LogP contribution is 2.19. The summed E-state index contributed by atoms with van der Waals surface area (Å²) >= 11 is 0. The number of hydrogen-bond donors (Lipinski definition) is 2. The molecule has 2 N–H and O–H groups in total. The largest absolute Gasteiger partial charge is 0.494 e. The molecule has 0 bridgehead atoms. The number of para-hydroxylation sites is 1. The van der Waals surface area contributed by atoms with Gasteiger partial charge in [-0.2, -0.15) is 0 Å². The van der Waals surface area contributed by atoms with Crippen molar-refractivity contribution in [1.82, 2.24) is 15.3 Å². The summed E-state index contributed by atoms with van der Waals surface area (Å²) in [5.41, 5.74) is 1.06. The van der Waals surface area contributed by atoms with E-state index in [0.29, 0.717) is 26.0 Å². The van der Waals surface area contributed by atoms with E-state index in [4.69, 9.17) is 4.74 Å². The van der Waals surface area contributed by atoms with Gasteiger partial charge in [0.25, 0.3) is 0 Å². The highest BCUT2D eigenvalue weighted by Gasteiger charge is 2.06. The SMILES string of the molecule is CCOc1ccccc1CCC(=O)NCc1ncc[nH]1. The van der Waals surface area contributed by atoms with Crippen molar-refractivity contribution in [2.45, 2.75) is 26.3 Å². The lowest BCUT2D eigenvalue weighted by molar-refractivity contribution is -0.121. The zero-order valence-corrected chi connectivity index (χ0v) is 11.6. The first-order chi connectivity index (χ1) is 9.79. The summed E-state index contributed by atoms with van der Waals surface area (Å²) in [4.78, 5) is 18.8. The van der Waals surface area contributed by atoms with Crippen molar-refractivity contribution in [1.29, 1.82) is 0 Å². The van der Waals surface area contributed by atoms with Gasteiger partial charge >= 0.3 is 0 Å². The van der Waals surface area contributed by atoms with E-state index >= 15 is 0 Å². The van der Waals surface area contributed by atoms with Crippen LogP contribution >= 0.6 is 0 Å². The Bertz CT molecular complexity index is 538. The second-order valence-corrected chi connectivity index (χ2v) is 4.35.